The van der Waals surface area contributed by atoms with E-state index in [-0.39, 0.29) is 0 Å². The maximum atomic E-state index is 4.80. The number of hydrogen-bond acceptors (Lipinski definition) is 2. The van der Waals surface area contributed by atoms with E-state index >= 15 is 0 Å². The molecule has 2 aliphatic carbocycles. The van der Waals surface area contributed by atoms with Crippen LogP contribution >= 0.6 is 0 Å². The number of hydrogen-bond donors (Lipinski definition) is 1. The number of aromatic nitrogens is 2. The van der Waals surface area contributed by atoms with Gasteiger partial charge in [-0.3, -0.25) is 4.68 Å². The molecule has 0 aliphatic heterocycles. The molecule has 1 aromatic rings. The molecule has 0 spiro atoms. The first-order valence-corrected chi connectivity index (χ1v) is 7.86. The van der Waals surface area contributed by atoms with Gasteiger partial charge < -0.3 is 5.32 Å². The average Bonchev–Trinajstić information content (AvgIpc) is 3.05. The van der Waals surface area contributed by atoms with Gasteiger partial charge in [0, 0.05) is 12.2 Å². The van der Waals surface area contributed by atoms with Gasteiger partial charge in [0.15, 0.2) is 0 Å². The van der Waals surface area contributed by atoms with Gasteiger partial charge in [-0.15, -0.1) is 0 Å². The minimum atomic E-state index is 0.897. The van der Waals surface area contributed by atoms with Gasteiger partial charge in [0.1, 0.15) is 0 Å². The lowest BCUT2D eigenvalue weighted by Crippen LogP contribution is -2.19. The molecule has 0 amide bonds. The predicted molar refractivity (Wildman–Crippen MR) is 78.3 cm³/mol. The highest BCUT2D eigenvalue weighted by atomic mass is 15.3. The minimum absolute atomic E-state index is 0.897. The molecule has 2 aliphatic rings. The molecule has 1 heterocycles. The number of rotatable bonds is 5. The molecule has 2 saturated carbocycles. The third-order valence-electron chi connectivity index (χ3n) is 5.45. The van der Waals surface area contributed by atoms with Crippen LogP contribution in [0.1, 0.15) is 42.6 Å². The largest absolute Gasteiger partial charge is 0.319 e. The average molecular weight is 261 g/mol. The Morgan fingerprint density at radius 2 is 2.11 bits per heavy atom. The van der Waals surface area contributed by atoms with Crippen molar-refractivity contribution in [2.75, 3.05) is 13.6 Å². The maximum absolute atomic E-state index is 4.80. The summed E-state index contributed by atoms with van der Waals surface area (Å²) in [5, 5.41) is 8.04. The van der Waals surface area contributed by atoms with E-state index in [1.807, 2.05) is 7.05 Å². The van der Waals surface area contributed by atoms with Gasteiger partial charge in [-0.1, -0.05) is 6.42 Å². The molecule has 3 atom stereocenters. The smallest absolute Gasteiger partial charge is 0.0628 e. The molecule has 1 N–H and O–H groups in total. The third kappa shape index (κ3) is 2.45. The summed E-state index contributed by atoms with van der Waals surface area (Å²) in [5.41, 5.74) is 4.09. The second kappa shape index (κ2) is 5.28. The lowest BCUT2D eigenvalue weighted by Gasteiger charge is -2.22. The van der Waals surface area contributed by atoms with Gasteiger partial charge in [0.25, 0.3) is 0 Å². The van der Waals surface area contributed by atoms with Gasteiger partial charge in [0.2, 0.25) is 0 Å². The number of nitrogens with one attached hydrogen (secondary N) is 1. The molecule has 19 heavy (non-hydrogen) atoms. The highest BCUT2D eigenvalue weighted by Gasteiger charge is 2.39. The van der Waals surface area contributed by atoms with E-state index in [2.05, 4.69) is 23.8 Å². The Morgan fingerprint density at radius 3 is 2.74 bits per heavy atom. The van der Waals surface area contributed by atoms with Gasteiger partial charge in [-0.05, 0) is 76.4 Å². The highest BCUT2D eigenvalue weighted by molar-refractivity contribution is 5.25. The molecular weight excluding hydrogens is 234 g/mol. The van der Waals surface area contributed by atoms with Crippen molar-refractivity contribution in [3.05, 3.63) is 17.0 Å². The monoisotopic (exact) mass is 261 g/mol. The Balaban J connectivity index is 1.71. The zero-order chi connectivity index (χ0) is 13.4. The van der Waals surface area contributed by atoms with Crippen molar-refractivity contribution < 1.29 is 0 Å². The van der Waals surface area contributed by atoms with Crippen LogP contribution in [0.15, 0.2) is 0 Å². The zero-order valence-electron chi connectivity index (χ0n) is 12.6. The summed E-state index contributed by atoms with van der Waals surface area (Å²) in [5.74, 6) is 2.93. The van der Waals surface area contributed by atoms with Crippen LogP contribution in [0.2, 0.25) is 0 Å². The number of fused-ring (bicyclic) bond motifs is 2. The number of nitrogens with zero attached hydrogens (tertiary/aromatic N) is 2. The quantitative estimate of drug-likeness (QED) is 0.883. The summed E-state index contributed by atoms with van der Waals surface area (Å²) in [6, 6.07) is 0. The van der Waals surface area contributed by atoms with Gasteiger partial charge in [-0.2, -0.15) is 5.10 Å². The second-order valence-electron chi connectivity index (χ2n) is 6.62. The molecule has 2 bridgehead atoms. The fourth-order valence-electron chi connectivity index (χ4n) is 4.35. The van der Waals surface area contributed by atoms with Gasteiger partial charge in [-0.25, -0.2) is 0 Å². The molecule has 106 valence electrons. The topological polar surface area (TPSA) is 29.9 Å². The Bertz CT molecular complexity index is 449. The summed E-state index contributed by atoms with van der Waals surface area (Å²) < 4.78 is 2.30. The molecule has 0 radical (unpaired) electrons. The van der Waals surface area contributed by atoms with Gasteiger partial charge in [0.05, 0.1) is 5.69 Å². The molecule has 3 unspecified atom stereocenters. The zero-order valence-corrected chi connectivity index (χ0v) is 12.6. The summed E-state index contributed by atoms with van der Waals surface area (Å²) in [6.45, 7) is 6.61. The molecule has 0 aromatic carbocycles. The molecule has 3 heteroatoms. The molecule has 2 fully saturated rings. The summed E-state index contributed by atoms with van der Waals surface area (Å²) in [4.78, 5) is 0. The Morgan fingerprint density at radius 1 is 1.26 bits per heavy atom. The molecule has 3 nitrogen and oxygen atoms in total. The van der Waals surface area contributed by atoms with Crippen LogP contribution in [0.25, 0.3) is 0 Å². The first-order chi connectivity index (χ1) is 9.19. The van der Waals surface area contributed by atoms with Gasteiger partial charge >= 0.3 is 0 Å². The summed E-state index contributed by atoms with van der Waals surface area (Å²) in [6.07, 6.45) is 7.02. The van der Waals surface area contributed by atoms with Crippen molar-refractivity contribution in [3.63, 3.8) is 0 Å². The normalized spacial score (nSPS) is 29.3. The molecule has 0 saturated heterocycles. The van der Waals surface area contributed by atoms with Crippen molar-refractivity contribution in [1.82, 2.24) is 15.1 Å². The lowest BCUT2D eigenvalue weighted by atomic mass is 9.89. The lowest BCUT2D eigenvalue weighted by molar-refractivity contribution is 0.283. The molecule has 3 rings (SSSR count). The Hall–Kier alpha value is -0.830. The van der Waals surface area contributed by atoms with Crippen LogP contribution in [-0.2, 0) is 13.0 Å². The van der Waals surface area contributed by atoms with E-state index in [0.717, 1.165) is 37.3 Å². The highest BCUT2D eigenvalue weighted by Crippen LogP contribution is 2.48. The standard InChI is InChI=1S/C16H27N3/c1-11-16(6-7-17-3)12(2)19(18-11)10-15-9-13-4-5-14(15)8-13/h13-15,17H,4-10H2,1-3H3. The van der Waals surface area contributed by atoms with Crippen LogP contribution in [0, 0.1) is 31.6 Å². The van der Waals surface area contributed by atoms with Crippen LogP contribution in [-0.4, -0.2) is 23.4 Å². The van der Waals surface area contributed by atoms with E-state index in [1.54, 1.807) is 0 Å². The SMILES string of the molecule is CNCCc1c(C)nn(CC2CC3CCC2C3)c1C. The number of likely N-dealkylation sites (N-methyl/N-ethyl adjacent to an activating group) is 1. The molecular formula is C16H27N3. The van der Waals surface area contributed by atoms with Crippen LogP contribution < -0.4 is 5.32 Å². The first kappa shape index (κ1) is 13.2. The summed E-state index contributed by atoms with van der Waals surface area (Å²) in [7, 11) is 2.02. The van der Waals surface area contributed by atoms with Crippen LogP contribution in [0.4, 0.5) is 0 Å². The van der Waals surface area contributed by atoms with Crippen molar-refractivity contribution in [1.29, 1.82) is 0 Å². The third-order valence-corrected chi connectivity index (χ3v) is 5.45. The van der Waals surface area contributed by atoms with Crippen molar-refractivity contribution in [2.24, 2.45) is 17.8 Å². The Kier molecular flexibility index (Phi) is 3.66. The maximum Gasteiger partial charge on any atom is 0.0628 e. The Labute approximate surface area is 116 Å². The molecule has 1 aromatic heterocycles. The number of aryl methyl sites for hydroxylation is 1. The van der Waals surface area contributed by atoms with E-state index in [0.29, 0.717) is 0 Å². The second-order valence-corrected chi connectivity index (χ2v) is 6.62. The summed E-state index contributed by atoms with van der Waals surface area (Å²) >= 11 is 0. The van der Waals surface area contributed by atoms with E-state index < -0.39 is 0 Å². The minimum Gasteiger partial charge on any atom is -0.319 e. The van der Waals surface area contributed by atoms with E-state index in [9.17, 15) is 0 Å². The first-order valence-electron chi connectivity index (χ1n) is 7.86. The van der Waals surface area contributed by atoms with E-state index in [4.69, 9.17) is 5.10 Å². The van der Waals surface area contributed by atoms with Crippen LogP contribution in [0.3, 0.4) is 0 Å². The van der Waals surface area contributed by atoms with Crippen molar-refractivity contribution >= 4 is 0 Å². The fourth-order valence-corrected chi connectivity index (χ4v) is 4.35. The van der Waals surface area contributed by atoms with Crippen molar-refractivity contribution in [3.8, 4) is 0 Å². The van der Waals surface area contributed by atoms with Crippen molar-refractivity contribution in [2.45, 2.75) is 52.5 Å². The fraction of sp³-hybridized carbons (Fsp3) is 0.812. The van der Waals surface area contributed by atoms with Crippen LogP contribution in [0.5, 0.6) is 0 Å². The van der Waals surface area contributed by atoms with E-state index in [1.165, 1.54) is 42.6 Å². The predicted octanol–water partition coefficient (Wildman–Crippen LogP) is 2.70.